The molecule has 1 aromatic heterocycles. The maximum atomic E-state index is 12.5. The fraction of sp³-hybridized carbons (Fsp3) is 0.647. The third kappa shape index (κ3) is 3.55. The molecule has 3 N–H and O–H groups in total. The molecule has 0 saturated heterocycles. The second-order valence-corrected chi connectivity index (χ2v) is 7.82. The largest absolute Gasteiger partial charge is 0.384 e. The van der Waals surface area contributed by atoms with Crippen LogP contribution in [-0.4, -0.2) is 16.9 Å². The Labute approximate surface area is 127 Å². The first-order valence-corrected chi connectivity index (χ1v) is 7.68. The molecule has 0 spiro atoms. The molecule has 1 amide bonds. The molecule has 1 atom stereocenters. The molecule has 0 radical (unpaired) electrons. The van der Waals surface area contributed by atoms with E-state index in [1.54, 1.807) is 6.07 Å². The van der Waals surface area contributed by atoms with Crippen molar-refractivity contribution >= 4 is 11.7 Å². The van der Waals surface area contributed by atoms with Gasteiger partial charge >= 0.3 is 0 Å². The molecule has 1 heterocycles. The molecule has 2 rings (SSSR count). The minimum atomic E-state index is -0.128. The lowest BCUT2D eigenvalue weighted by Gasteiger charge is -2.28. The van der Waals surface area contributed by atoms with Crippen molar-refractivity contribution in [1.29, 1.82) is 0 Å². The molecule has 1 aliphatic carbocycles. The van der Waals surface area contributed by atoms with Crippen LogP contribution < -0.4 is 11.1 Å². The Hall–Kier alpha value is -1.58. The summed E-state index contributed by atoms with van der Waals surface area (Å²) in [6, 6.07) is 3.75. The Morgan fingerprint density at radius 1 is 1.38 bits per heavy atom. The summed E-state index contributed by atoms with van der Waals surface area (Å²) in [5, 5.41) is 3.17. The normalized spacial score (nSPS) is 21.3. The Bertz CT molecular complexity index is 543. The van der Waals surface area contributed by atoms with Crippen LogP contribution in [0, 0.1) is 5.41 Å². The van der Waals surface area contributed by atoms with Gasteiger partial charge in [-0.25, -0.2) is 4.98 Å². The third-order valence-electron chi connectivity index (χ3n) is 4.44. The van der Waals surface area contributed by atoms with Crippen LogP contribution in [0.4, 0.5) is 5.82 Å². The molecule has 1 fully saturated rings. The SMILES string of the molecule is CC(C)(C)c1cc(C(=O)NC2CCCC2(C)C)cc(N)n1. The lowest BCUT2D eigenvalue weighted by Crippen LogP contribution is -2.41. The van der Waals surface area contributed by atoms with Crippen LogP contribution in [0.25, 0.3) is 0 Å². The number of nitrogens with two attached hydrogens (primary N) is 1. The minimum absolute atomic E-state index is 0.0467. The third-order valence-corrected chi connectivity index (χ3v) is 4.44. The number of aromatic nitrogens is 1. The number of carbonyl (C=O) groups is 1. The number of nitrogens with zero attached hydrogens (tertiary/aromatic N) is 1. The zero-order chi connectivity index (χ0) is 15.8. The van der Waals surface area contributed by atoms with Gasteiger partial charge in [0.1, 0.15) is 5.82 Å². The van der Waals surface area contributed by atoms with Gasteiger partial charge in [0.25, 0.3) is 5.91 Å². The van der Waals surface area contributed by atoms with E-state index in [4.69, 9.17) is 5.73 Å². The van der Waals surface area contributed by atoms with Crippen molar-refractivity contribution in [3.8, 4) is 0 Å². The van der Waals surface area contributed by atoms with Gasteiger partial charge in [0.05, 0.1) is 0 Å². The van der Waals surface area contributed by atoms with E-state index < -0.39 is 0 Å². The van der Waals surface area contributed by atoms with Gasteiger partial charge in [0.2, 0.25) is 0 Å². The standard InChI is InChI=1S/C17H27N3O/c1-16(2,3)13-9-11(10-14(18)19-13)15(21)20-12-7-6-8-17(12,4)5/h9-10,12H,6-8H2,1-5H3,(H2,18,19)(H,20,21). The highest BCUT2D eigenvalue weighted by molar-refractivity contribution is 5.95. The topological polar surface area (TPSA) is 68.0 Å². The Morgan fingerprint density at radius 2 is 2.05 bits per heavy atom. The second kappa shape index (κ2) is 5.32. The van der Waals surface area contributed by atoms with Crippen LogP contribution in [0.1, 0.15) is 69.9 Å². The van der Waals surface area contributed by atoms with Crippen LogP contribution in [-0.2, 0) is 5.41 Å². The van der Waals surface area contributed by atoms with Gasteiger partial charge in [-0.2, -0.15) is 0 Å². The van der Waals surface area contributed by atoms with E-state index in [1.165, 1.54) is 6.42 Å². The number of carbonyl (C=O) groups excluding carboxylic acids is 1. The Balaban J connectivity index is 2.22. The highest BCUT2D eigenvalue weighted by Gasteiger charge is 2.35. The van der Waals surface area contributed by atoms with Crippen LogP contribution >= 0.6 is 0 Å². The lowest BCUT2D eigenvalue weighted by molar-refractivity contribution is 0.0910. The van der Waals surface area contributed by atoms with Gasteiger partial charge in [-0.1, -0.05) is 41.0 Å². The molecule has 0 aromatic carbocycles. The quantitative estimate of drug-likeness (QED) is 0.878. The molecule has 1 aliphatic rings. The summed E-state index contributed by atoms with van der Waals surface area (Å²) >= 11 is 0. The van der Waals surface area contributed by atoms with Crippen LogP contribution in [0.5, 0.6) is 0 Å². The molecule has 4 nitrogen and oxygen atoms in total. The van der Waals surface area contributed by atoms with E-state index in [0.29, 0.717) is 11.4 Å². The fourth-order valence-corrected chi connectivity index (χ4v) is 2.90. The minimum Gasteiger partial charge on any atom is -0.384 e. The fourth-order valence-electron chi connectivity index (χ4n) is 2.90. The smallest absolute Gasteiger partial charge is 0.251 e. The molecule has 0 bridgehead atoms. The molecule has 21 heavy (non-hydrogen) atoms. The van der Waals surface area contributed by atoms with Crippen LogP contribution in [0.3, 0.4) is 0 Å². The summed E-state index contributed by atoms with van der Waals surface area (Å²) in [4.78, 5) is 16.9. The lowest BCUT2D eigenvalue weighted by atomic mass is 9.87. The molecular weight excluding hydrogens is 262 g/mol. The maximum absolute atomic E-state index is 12.5. The maximum Gasteiger partial charge on any atom is 0.251 e. The van der Waals surface area contributed by atoms with E-state index in [2.05, 4.69) is 44.9 Å². The zero-order valence-corrected chi connectivity index (χ0v) is 13.8. The molecule has 116 valence electrons. The highest BCUT2D eigenvalue weighted by Crippen LogP contribution is 2.37. The molecule has 0 aliphatic heterocycles. The van der Waals surface area contributed by atoms with Crippen molar-refractivity contribution in [3.05, 3.63) is 23.4 Å². The average Bonchev–Trinajstić information content (AvgIpc) is 2.67. The van der Waals surface area contributed by atoms with Crippen LogP contribution in [0.15, 0.2) is 12.1 Å². The predicted molar refractivity (Wildman–Crippen MR) is 86.2 cm³/mol. The molecule has 4 heteroatoms. The summed E-state index contributed by atoms with van der Waals surface area (Å²) < 4.78 is 0. The van der Waals surface area contributed by atoms with E-state index in [1.807, 2.05) is 6.07 Å². The van der Waals surface area contributed by atoms with E-state index in [0.717, 1.165) is 18.5 Å². The van der Waals surface area contributed by atoms with Crippen molar-refractivity contribution in [2.75, 3.05) is 5.73 Å². The molecule has 1 unspecified atom stereocenters. The first kappa shape index (κ1) is 15.8. The predicted octanol–water partition coefficient (Wildman–Crippen LogP) is 3.27. The van der Waals surface area contributed by atoms with Crippen molar-refractivity contribution in [2.45, 2.75) is 65.3 Å². The van der Waals surface area contributed by atoms with Gasteiger partial charge in [-0.3, -0.25) is 4.79 Å². The summed E-state index contributed by atoms with van der Waals surface area (Å²) in [5.74, 6) is 0.354. The van der Waals surface area contributed by atoms with Crippen molar-refractivity contribution < 1.29 is 4.79 Å². The molecular formula is C17H27N3O. The van der Waals surface area contributed by atoms with Gasteiger partial charge in [0, 0.05) is 22.7 Å². The van der Waals surface area contributed by atoms with Crippen molar-refractivity contribution in [2.24, 2.45) is 5.41 Å². The number of hydrogen-bond donors (Lipinski definition) is 2. The Kier molecular flexibility index (Phi) is 4.00. The average molecular weight is 289 g/mol. The van der Waals surface area contributed by atoms with Crippen molar-refractivity contribution in [3.63, 3.8) is 0 Å². The van der Waals surface area contributed by atoms with Crippen LogP contribution in [0.2, 0.25) is 0 Å². The summed E-state index contributed by atoms with van der Waals surface area (Å²) in [6.45, 7) is 10.6. The van der Waals surface area contributed by atoms with Gasteiger partial charge < -0.3 is 11.1 Å². The van der Waals surface area contributed by atoms with Gasteiger partial charge in [-0.15, -0.1) is 0 Å². The zero-order valence-electron chi connectivity index (χ0n) is 13.8. The molecule has 1 aromatic rings. The number of amides is 1. The summed E-state index contributed by atoms with van der Waals surface area (Å²) in [7, 11) is 0. The van der Waals surface area contributed by atoms with E-state index in [9.17, 15) is 4.79 Å². The summed E-state index contributed by atoms with van der Waals surface area (Å²) in [6.07, 6.45) is 3.37. The van der Waals surface area contributed by atoms with E-state index >= 15 is 0 Å². The Morgan fingerprint density at radius 3 is 2.57 bits per heavy atom. The summed E-state index contributed by atoms with van der Waals surface area (Å²) in [5.41, 5.74) is 7.36. The van der Waals surface area contributed by atoms with Gasteiger partial charge in [-0.05, 0) is 30.4 Å². The number of nitrogens with one attached hydrogen (secondary N) is 1. The van der Waals surface area contributed by atoms with Gasteiger partial charge in [0.15, 0.2) is 0 Å². The first-order chi connectivity index (χ1) is 9.59. The monoisotopic (exact) mass is 289 g/mol. The highest BCUT2D eigenvalue weighted by atomic mass is 16.1. The first-order valence-electron chi connectivity index (χ1n) is 7.68. The second-order valence-electron chi connectivity index (χ2n) is 7.82. The number of rotatable bonds is 2. The number of pyridine rings is 1. The van der Waals surface area contributed by atoms with Crippen molar-refractivity contribution in [1.82, 2.24) is 10.3 Å². The number of hydrogen-bond acceptors (Lipinski definition) is 3. The molecule has 1 saturated carbocycles. The van der Waals surface area contributed by atoms with E-state index in [-0.39, 0.29) is 22.8 Å². The number of anilines is 1. The number of nitrogen functional groups attached to an aromatic ring is 1.